The highest BCUT2D eigenvalue weighted by atomic mass is 35.5. The molecular weight excluding hydrogens is 297 g/mol. The van der Waals surface area contributed by atoms with Gasteiger partial charge in [-0.2, -0.15) is 0 Å². The molecule has 0 spiro atoms. The predicted octanol–water partition coefficient (Wildman–Crippen LogP) is 3.74. The van der Waals surface area contributed by atoms with Crippen LogP contribution in [0, 0.1) is 12.7 Å². The van der Waals surface area contributed by atoms with E-state index in [4.69, 9.17) is 16.7 Å². The molecule has 0 atom stereocenters. The van der Waals surface area contributed by atoms with E-state index in [2.05, 4.69) is 5.32 Å². The van der Waals surface area contributed by atoms with Crippen molar-refractivity contribution in [1.82, 2.24) is 0 Å². The minimum Gasteiger partial charge on any atom is -0.478 e. The minimum atomic E-state index is -1.08. The lowest BCUT2D eigenvalue weighted by Gasteiger charge is -2.10. The highest BCUT2D eigenvalue weighted by Gasteiger charge is 2.14. The van der Waals surface area contributed by atoms with Gasteiger partial charge in [-0.1, -0.05) is 17.7 Å². The first-order chi connectivity index (χ1) is 9.90. The van der Waals surface area contributed by atoms with Crippen molar-refractivity contribution in [2.24, 2.45) is 0 Å². The molecule has 0 heterocycles. The number of amides is 1. The number of hydrogen-bond acceptors (Lipinski definition) is 2. The molecule has 0 saturated heterocycles. The average Bonchev–Trinajstić information content (AvgIpc) is 2.43. The highest BCUT2D eigenvalue weighted by molar-refractivity contribution is 6.30. The molecule has 4 nitrogen and oxygen atoms in total. The Labute approximate surface area is 125 Å². The van der Waals surface area contributed by atoms with Crippen molar-refractivity contribution >= 4 is 29.2 Å². The van der Waals surface area contributed by atoms with Gasteiger partial charge in [0.2, 0.25) is 0 Å². The van der Waals surface area contributed by atoms with Crippen LogP contribution in [0.4, 0.5) is 10.1 Å². The van der Waals surface area contributed by atoms with Crippen LogP contribution in [0.2, 0.25) is 5.02 Å². The first kappa shape index (κ1) is 15.0. The molecule has 0 aliphatic carbocycles. The van der Waals surface area contributed by atoms with Crippen molar-refractivity contribution in [2.75, 3.05) is 5.32 Å². The second kappa shape index (κ2) is 5.93. The van der Waals surface area contributed by atoms with Gasteiger partial charge in [0.1, 0.15) is 5.82 Å². The first-order valence-corrected chi connectivity index (χ1v) is 6.37. The molecule has 0 radical (unpaired) electrons. The molecule has 0 bridgehead atoms. The van der Waals surface area contributed by atoms with E-state index < -0.39 is 17.7 Å². The minimum absolute atomic E-state index is 0.0735. The lowest BCUT2D eigenvalue weighted by Crippen LogP contribution is -2.14. The number of hydrogen-bond donors (Lipinski definition) is 2. The molecular formula is C15H11ClFNO3. The normalized spacial score (nSPS) is 10.2. The lowest BCUT2D eigenvalue weighted by atomic mass is 10.1. The van der Waals surface area contributed by atoms with Crippen LogP contribution < -0.4 is 5.32 Å². The number of carboxylic acids is 1. The lowest BCUT2D eigenvalue weighted by molar-refractivity contribution is 0.0695. The summed E-state index contributed by atoms with van der Waals surface area (Å²) in [5.41, 5.74) is 0.968. The Morgan fingerprint density at radius 1 is 1.24 bits per heavy atom. The van der Waals surface area contributed by atoms with E-state index in [-0.39, 0.29) is 16.1 Å². The van der Waals surface area contributed by atoms with Gasteiger partial charge < -0.3 is 10.4 Å². The first-order valence-electron chi connectivity index (χ1n) is 5.99. The van der Waals surface area contributed by atoms with E-state index in [1.165, 1.54) is 24.3 Å². The maximum Gasteiger partial charge on any atom is 0.336 e. The van der Waals surface area contributed by atoms with Gasteiger partial charge in [-0.15, -0.1) is 0 Å². The van der Waals surface area contributed by atoms with Crippen molar-refractivity contribution < 1.29 is 19.1 Å². The zero-order valence-corrected chi connectivity index (χ0v) is 11.7. The summed E-state index contributed by atoms with van der Waals surface area (Å²) >= 11 is 5.55. The van der Waals surface area contributed by atoms with Gasteiger partial charge in [-0.25, -0.2) is 9.18 Å². The number of benzene rings is 2. The summed E-state index contributed by atoms with van der Waals surface area (Å²) in [5, 5.41) is 11.5. The molecule has 1 amide bonds. The molecule has 0 aliphatic rings. The van der Waals surface area contributed by atoms with Gasteiger partial charge in [-0.3, -0.25) is 4.79 Å². The number of rotatable bonds is 3. The average molecular weight is 308 g/mol. The van der Waals surface area contributed by atoms with Crippen LogP contribution in [0.3, 0.4) is 0 Å². The summed E-state index contributed by atoms with van der Waals surface area (Å²) < 4.78 is 13.3. The van der Waals surface area contributed by atoms with Gasteiger partial charge in [0.15, 0.2) is 0 Å². The quantitative estimate of drug-likeness (QED) is 0.907. The number of aromatic carboxylic acids is 1. The molecule has 108 valence electrons. The monoisotopic (exact) mass is 307 g/mol. The van der Waals surface area contributed by atoms with E-state index in [1.807, 2.05) is 0 Å². The van der Waals surface area contributed by atoms with E-state index in [0.29, 0.717) is 11.3 Å². The zero-order chi connectivity index (χ0) is 15.6. The Morgan fingerprint density at radius 2 is 1.95 bits per heavy atom. The summed E-state index contributed by atoms with van der Waals surface area (Å²) in [6.07, 6.45) is 0. The van der Waals surface area contributed by atoms with Gasteiger partial charge in [0, 0.05) is 11.3 Å². The smallest absolute Gasteiger partial charge is 0.336 e. The fraction of sp³-hybridized carbons (Fsp3) is 0.0667. The fourth-order valence-electron chi connectivity index (χ4n) is 1.83. The standard InChI is InChI=1S/C15H11ClFNO3/c1-8-10(15(20)21)3-2-4-13(8)18-14(19)9-5-6-11(16)12(17)7-9/h2-7H,1H3,(H,18,19)(H,20,21). The van der Waals surface area contributed by atoms with E-state index in [1.54, 1.807) is 13.0 Å². The second-order valence-electron chi connectivity index (χ2n) is 4.37. The largest absolute Gasteiger partial charge is 0.478 e. The molecule has 0 unspecified atom stereocenters. The van der Waals surface area contributed by atoms with Crippen LogP contribution in [-0.2, 0) is 0 Å². The van der Waals surface area contributed by atoms with Crippen LogP contribution in [0.15, 0.2) is 36.4 Å². The summed E-state index contributed by atoms with van der Waals surface area (Å²) in [5.74, 6) is -2.32. The van der Waals surface area contributed by atoms with Crippen molar-refractivity contribution in [3.63, 3.8) is 0 Å². The Kier molecular flexibility index (Phi) is 4.23. The van der Waals surface area contributed by atoms with Gasteiger partial charge in [0.05, 0.1) is 10.6 Å². The third kappa shape index (κ3) is 3.20. The molecule has 0 fully saturated rings. The number of halogens is 2. The van der Waals surface area contributed by atoms with Crippen LogP contribution in [0.25, 0.3) is 0 Å². The Hall–Kier alpha value is -2.40. The van der Waals surface area contributed by atoms with Crippen molar-refractivity contribution in [1.29, 1.82) is 0 Å². The molecule has 0 saturated carbocycles. The Morgan fingerprint density at radius 3 is 2.57 bits per heavy atom. The number of carboxylic acid groups (broad SMARTS) is 1. The number of nitrogens with one attached hydrogen (secondary N) is 1. The third-order valence-corrected chi connectivity index (χ3v) is 3.30. The van der Waals surface area contributed by atoms with Gasteiger partial charge >= 0.3 is 5.97 Å². The maximum absolute atomic E-state index is 13.3. The molecule has 2 N–H and O–H groups in total. The van der Waals surface area contributed by atoms with Crippen LogP contribution in [0.1, 0.15) is 26.3 Å². The molecule has 2 rings (SSSR count). The summed E-state index contributed by atoms with van der Waals surface area (Å²) in [7, 11) is 0. The topological polar surface area (TPSA) is 66.4 Å². The second-order valence-corrected chi connectivity index (χ2v) is 4.77. The molecule has 6 heteroatoms. The van der Waals surface area contributed by atoms with Gasteiger partial charge in [0.25, 0.3) is 5.91 Å². The van der Waals surface area contributed by atoms with Crippen LogP contribution in [0.5, 0.6) is 0 Å². The number of anilines is 1. The van der Waals surface area contributed by atoms with Crippen molar-refractivity contribution in [3.05, 3.63) is 63.9 Å². The van der Waals surface area contributed by atoms with Crippen molar-refractivity contribution in [3.8, 4) is 0 Å². The third-order valence-electron chi connectivity index (χ3n) is 2.99. The fourth-order valence-corrected chi connectivity index (χ4v) is 1.95. The number of carbonyl (C=O) groups excluding carboxylic acids is 1. The Bertz CT molecular complexity index is 731. The molecule has 2 aromatic rings. The SMILES string of the molecule is Cc1c(NC(=O)c2ccc(Cl)c(F)c2)cccc1C(=O)O. The summed E-state index contributed by atoms with van der Waals surface area (Å²) in [6.45, 7) is 1.58. The molecule has 21 heavy (non-hydrogen) atoms. The van der Waals surface area contributed by atoms with E-state index in [9.17, 15) is 14.0 Å². The van der Waals surface area contributed by atoms with Crippen molar-refractivity contribution in [2.45, 2.75) is 6.92 Å². The molecule has 0 aromatic heterocycles. The van der Waals surface area contributed by atoms with Crippen LogP contribution >= 0.6 is 11.6 Å². The molecule has 0 aliphatic heterocycles. The number of carbonyl (C=O) groups is 2. The molecule has 2 aromatic carbocycles. The van der Waals surface area contributed by atoms with Crippen LogP contribution in [-0.4, -0.2) is 17.0 Å². The van der Waals surface area contributed by atoms with Gasteiger partial charge in [-0.05, 0) is 42.8 Å². The summed E-state index contributed by atoms with van der Waals surface area (Å²) in [4.78, 5) is 23.1. The highest BCUT2D eigenvalue weighted by Crippen LogP contribution is 2.21. The Balaban J connectivity index is 2.29. The van der Waals surface area contributed by atoms with E-state index >= 15 is 0 Å². The summed E-state index contributed by atoms with van der Waals surface area (Å²) in [6, 6.07) is 8.23. The van der Waals surface area contributed by atoms with E-state index in [0.717, 1.165) is 6.07 Å². The maximum atomic E-state index is 13.3. The zero-order valence-electron chi connectivity index (χ0n) is 11.0. The predicted molar refractivity (Wildman–Crippen MR) is 77.5 cm³/mol.